The third-order valence-corrected chi connectivity index (χ3v) is 9.96. The first-order valence-corrected chi connectivity index (χ1v) is 17.8. The van der Waals surface area contributed by atoms with E-state index in [1.807, 2.05) is 42.5 Å². The maximum Gasteiger partial charge on any atom is 0.164 e. The van der Waals surface area contributed by atoms with Crippen molar-refractivity contribution in [1.29, 1.82) is 0 Å². The third kappa shape index (κ3) is 5.63. The number of hydrogen-bond donors (Lipinski definition) is 0. The molecule has 0 spiro atoms. The van der Waals surface area contributed by atoms with Crippen LogP contribution < -0.4 is 0 Å². The highest BCUT2D eigenvalue weighted by atomic mass is 16.3. The first-order chi connectivity index (χ1) is 26.2. The second-order valence-corrected chi connectivity index (χ2v) is 13.2. The molecule has 0 N–H and O–H groups in total. The molecule has 0 saturated heterocycles. The molecule has 0 aliphatic rings. The summed E-state index contributed by atoms with van der Waals surface area (Å²) in [5.41, 5.74) is 11.5. The molecule has 0 bridgehead atoms. The van der Waals surface area contributed by atoms with Crippen LogP contribution in [-0.2, 0) is 0 Å². The second-order valence-electron chi connectivity index (χ2n) is 13.2. The van der Waals surface area contributed by atoms with Crippen LogP contribution in [0.3, 0.4) is 0 Å². The molecule has 8 aromatic carbocycles. The van der Waals surface area contributed by atoms with Crippen LogP contribution in [0.25, 0.3) is 100 Å². The van der Waals surface area contributed by atoms with Gasteiger partial charge in [-0.15, -0.1) is 0 Å². The van der Waals surface area contributed by atoms with Crippen LogP contribution in [0.15, 0.2) is 192 Å². The zero-order valence-corrected chi connectivity index (χ0v) is 28.6. The topological polar surface area (TPSA) is 51.8 Å². The fourth-order valence-corrected chi connectivity index (χ4v) is 7.24. The zero-order valence-electron chi connectivity index (χ0n) is 28.6. The Morgan fingerprint density at radius 2 is 0.698 bits per heavy atom. The number of hydrogen-bond acceptors (Lipinski definition) is 4. The van der Waals surface area contributed by atoms with Crippen LogP contribution in [0.2, 0.25) is 0 Å². The van der Waals surface area contributed by atoms with Crippen LogP contribution in [0.1, 0.15) is 0 Å². The molecule has 0 fully saturated rings. The molecule has 4 nitrogen and oxygen atoms in total. The second kappa shape index (κ2) is 12.9. The van der Waals surface area contributed by atoms with Crippen molar-refractivity contribution >= 4 is 32.7 Å². The van der Waals surface area contributed by atoms with E-state index < -0.39 is 0 Å². The first-order valence-electron chi connectivity index (χ1n) is 17.8. The van der Waals surface area contributed by atoms with E-state index in [9.17, 15) is 0 Å². The van der Waals surface area contributed by atoms with Gasteiger partial charge in [0.05, 0.1) is 0 Å². The number of furan rings is 1. The van der Waals surface area contributed by atoms with Crippen molar-refractivity contribution in [3.8, 4) is 67.5 Å². The number of benzene rings is 8. The standard InChI is InChI=1S/C49H31N3O/c1-4-12-32(13-5-1)34-20-24-37(25-21-34)48-50-47(36-16-8-3-9-17-36)51-49(52-48)38-26-22-35(23-27-38)42-31-44-43-30-39(33-14-6-2-7-15-33)28-29-45(43)53-46(44)41-19-11-10-18-40(41)42/h1-31H. The van der Waals surface area contributed by atoms with Crippen molar-refractivity contribution in [3.63, 3.8) is 0 Å². The molecule has 0 aliphatic carbocycles. The average molecular weight is 678 g/mol. The number of rotatable bonds is 6. The third-order valence-electron chi connectivity index (χ3n) is 9.96. The Labute approximate surface area is 306 Å². The van der Waals surface area contributed by atoms with Crippen LogP contribution in [0.5, 0.6) is 0 Å². The zero-order chi connectivity index (χ0) is 35.1. The molecule has 53 heavy (non-hydrogen) atoms. The molecule has 0 radical (unpaired) electrons. The Balaban J connectivity index is 1.07. The van der Waals surface area contributed by atoms with Crippen molar-refractivity contribution in [1.82, 2.24) is 15.0 Å². The summed E-state index contributed by atoms with van der Waals surface area (Å²) in [5.74, 6) is 1.90. The van der Waals surface area contributed by atoms with Gasteiger partial charge >= 0.3 is 0 Å². The van der Waals surface area contributed by atoms with Gasteiger partial charge < -0.3 is 4.42 Å². The van der Waals surface area contributed by atoms with Crippen LogP contribution >= 0.6 is 0 Å². The number of aromatic nitrogens is 3. The van der Waals surface area contributed by atoms with Crippen molar-refractivity contribution in [2.45, 2.75) is 0 Å². The summed E-state index contributed by atoms with van der Waals surface area (Å²) in [4.78, 5) is 14.9. The summed E-state index contributed by atoms with van der Waals surface area (Å²) in [5, 5.41) is 4.44. The van der Waals surface area contributed by atoms with E-state index in [1.54, 1.807) is 0 Å². The van der Waals surface area contributed by atoms with Crippen LogP contribution in [0, 0.1) is 0 Å². The summed E-state index contributed by atoms with van der Waals surface area (Å²) < 4.78 is 6.53. The Bertz CT molecular complexity index is 2900. The monoisotopic (exact) mass is 677 g/mol. The van der Waals surface area contributed by atoms with Gasteiger partial charge in [0.25, 0.3) is 0 Å². The normalized spacial score (nSPS) is 11.4. The molecule has 2 aromatic heterocycles. The largest absolute Gasteiger partial charge is 0.455 e. The Morgan fingerprint density at radius 3 is 1.28 bits per heavy atom. The molecule has 0 amide bonds. The van der Waals surface area contributed by atoms with Crippen molar-refractivity contribution < 1.29 is 4.42 Å². The van der Waals surface area contributed by atoms with E-state index in [2.05, 4.69) is 146 Å². The first kappa shape index (κ1) is 30.6. The van der Waals surface area contributed by atoms with Crippen LogP contribution in [0.4, 0.5) is 0 Å². The molecule has 2 heterocycles. The molecule has 4 heteroatoms. The SMILES string of the molecule is c1ccc(-c2ccc(-c3nc(-c4ccccc4)nc(-c4ccc(-c5cc6c7cc(-c8ccccc8)ccc7oc6c6ccccc56)cc4)n3)cc2)cc1. The smallest absolute Gasteiger partial charge is 0.164 e. The lowest BCUT2D eigenvalue weighted by Gasteiger charge is -2.11. The van der Waals surface area contributed by atoms with E-state index in [1.165, 1.54) is 16.7 Å². The maximum absolute atomic E-state index is 6.53. The lowest BCUT2D eigenvalue weighted by Crippen LogP contribution is -2.00. The fraction of sp³-hybridized carbons (Fsp3) is 0. The van der Waals surface area contributed by atoms with Gasteiger partial charge in [0, 0.05) is 32.8 Å². The minimum atomic E-state index is 0.627. The lowest BCUT2D eigenvalue weighted by atomic mass is 9.94. The average Bonchev–Trinajstić information content (AvgIpc) is 3.62. The van der Waals surface area contributed by atoms with E-state index in [4.69, 9.17) is 19.4 Å². The Kier molecular flexibility index (Phi) is 7.43. The predicted molar refractivity (Wildman–Crippen MR) is 217 cm³/mol. The molecule has 248 valence electrons. The van der Waals surface area contributed by atoms with Gasteiger partial charge in [-0.25, -0.2) is 15.0 Å². The van der Waals surface area contributed by atoms with Gasteiger partial charge in [-0.05, 0) is 57.0 Å². The highest BCUT2D eigenvalue weighted by Gasteiger charge is 2.17. The summed E-state index contributed by atoms with van der Waals surface area (Å²) in [6.45, 7) is 0. The summed E-state index contributed by atoms with van der Waals surface area (Å²) in [7, 11) is 0. The Hall–Kier alpha value is -7.17. The minimum Gasteiger partial charge on any atom is -0.455 e. The molecule has 0 unspecified atom stereocenters. The minimum absolute atomic E-state index is 0.627. The molecule has 0 atom stereocenters. The quantitative estimate of drug-likeness (QED) is 0.176. The molecule has 0 saturated carbocycles. The summed E-state index contributed by atoms with van der Waals surface area (Å²) in [6, 6.07) is 65.2. The molecule has 10 aromatic rings. The van der Waals surface area contributed by atoms with Crippen molar-refractivity contribution in [3.05, 3.63) is 188 Å². The molecule has 0 aliphatic heterocycles. The lowest BCUT2D eigenvalue weighted by molar-refractivity contribution is 0.673. The fourth-order valence-electron chi connectivity index (χ4n) is 7.24. The van der Waals surface area contributed by atoms with Gasteiger partial charge in [-0.2, -0.15) is 0 Å². The van der Waals surface area contributed by atoms with Crippen LogP contribution in [-0.4, -0.2) is 15.0 Å². The highest BCUT2D eigenvalue weighted by molar-refractivity contribution is 6.19. The number of nitrogens with zero attached hydrogens (tertiary/aromatic N) is 3. The van der Waals surface area contributed by atoms with E-state index in [0.29, 0.717) is 17.5 Å². The van der Waals surface area contributed by atoms with Gasteiger partial charge in [0.15, 0.2) is 17.5 Å². The number of fused-ring (bicyclic) bond motifs is 5. The maximum atomic E-state index is 6.53. The van der Waals surface area contributed by atoms with E-state index in [0.717, 1.165) is 66.1 Å². The Morgan fingerprint density at radius 1 is 0.283 bits per heavy atom. The van der Waals surface area contributed by atoms with Gasteiger partial charge in [-0.3, -0.25) is 0 Å². The molecular weight excluding hydrogens is 647 g/mol. The molecule has 10 rings (SSSR count). The van der Waals surface area contributed by atoms with E-state index >= 15 is 0 Å². The summed E-state index contributed by atoms with van der Waals surface area (Å²) >= 11 is 0. The van der Waals surface area contributed by atoms with Gasteiger partial charge in [0.2, 0.25) is 0 Å². The molecular formula is C49H31N3O. The van der Waals surface area contributed by atoms with Gasteiger partial charge in [-0.1, -0.05) is 170 Å². The highest BCUT2D eigenvalue weighted by Crippen LogP contribution is 2.41. The van der Waals surface area contributed by atoms with Crippen molar-refractivity contribution in [2.24, 2.45) is 0 Å². The summed E-state index contributed by atoms with van der Waals surface area (Å²) in [6.07, 6.45) is 0. The van der Waals surface area contributed by atoms with Gasteiger partial charge in [0.1, 0.15) is 11.2 Å². The van der Waals surface area contributed by atoms with E-state index in [-0.39, 0.29) is 0 Å². The van der Waals surface area contributed by atoms with Crippen molar-refractivity contribution in [2.75, 3.05) is 0 Å². The predicted octanol–water partition coefficient (Wildman–Crippen LogP) is 12.9.